The molecule has 8 bridgehead atoms. The number of rotatable bonds is 4. The van der Waals surface area contributed by atoms with Gasteiger partial charge in [0.25, 0.3) is 0 Å². The molecular formula is C39H42CuN4O2. The minimum absolute atomic E-state index is 0. The molecule has 7 heteroatoms. The molecule has 4 aliphatic heterocycles. The molecule has 0 amide bonds. The minimum atomic E-state index is -0.755. The van der Waals surface area contributed by atoms with Gasteiger partial charge in [0.15, 0.2) is 0 Å². The summed E-state index contributed by atoms with van der Waals surface area (Å²) in [5.74, 6) is -0.634. The van der Waals surface area contributed by atoms with Gasteiger partial charge in [-0.05, 0) is 96.6 Å². The van der Waals surface area contributed by atoms with Crippen LogP contribution < -0.4 is 4.98 Å². The van der Waals surface area contributed by atoms with Gasteiger partial charge >= 0.3 is 23.0 Å². The van der Waals surface area contributed by atoms with Crippen molar-refractivity contribution in [1.82, 2.24) is 4.98 Å². The zero-order valence-electron chi connectivity index (χ0n) is 28.4. The van der Waals surface area contributed by atoms with E-state index in [2.05, 4.69) is 105 Å². The summed E-state index contributed by atoms with van der Waals surface area (Å²) in [4.78, 5) is 28.7. The number of hydrogen-bond acceptors (Lipinski definition) is 4. The summed E-state index contributed by atoms with van der Waals surface area (Å²) < 4.78 is 5.32. The number of methoxy groups -OCH3 is 1. The summed E-state index contributed by atoms with van der Waals surface area (Å²) in [6.45, 7) is 19.1. The fourth-order valence-electron chi connectivity index (χ4n) is 6.91. The van der Waals surface area contributed by atoms with Crippen LogP contribution in [0.3, 0.4) is 0 Å². The number of carbonyl (C=O) groups excluding carboxylic acids is 1. The van der Waals surface area contributed by atoms with Gasteiger partial charge in [-0.3, -0.25) is 9.79 Å². The van der Waals surface area contributed by atoms with Crippen molar-refractivity contribution in [2.24, 2.45) is 15.9 Å². The maximum Gasteiger partial charge on any atom is 2.00 e. The summed E-state index contributed by atoms with van der Waals surface area (Å²) >= 11 is 0. The third-order valence-electron chi connectivity index (χ3n) is 10.6. The van der Waals surface area contributed by atoms with Crippen molar-refractivity contribution in [3.8, 4) is 0 Å². The van der Waals surface area contributed by atoms with Gasteiger partial charge in [0.2, 0.25) is 0 Å². The molecule has 0 unspecified atom stereocenters. The molecule has 6 nitrogen and oxygen atoms in total. The van der Waals surface area contributed by atoms with Crippen LogP contribution in [-0.2, 0) is 33.0 Å². The Morgan fingerprint density at radius 1 is 0.783 bits per heavy atom. The van der Waals surface area contributed by atoms with E-state index < -0.39 is 5.54 Å². The second-order valence-electron chi connectivity index (χ2n) is 13.0. The molecular weight excluding hydrogens is 620 g/mol. The Bertz CT molecular complexity index is 1910. The molecule has 46 heavy (non-hydrogen) atoms. The summed E-state index contributed by atoms with van der Waals surface area (Å²) in [6.07, 6.45) is 7.09. The van der Waals surface area contributed by atoms with Crippen molar-refractivity contribution < 1.29 is 26.6 Å². The standard InChI is InChI=1S/C39H42N4O2.Cu/c1-20-11-13-29(14-12-20)19-39-28(9)27(8)36(43-39)18-34-24(5)23(4)32(41-34)16-31-21(2)22(3)33(40-31)17-35-25(6)26(7)38(42-35)30(39)15-37(44)45-10;/h11-14,16-18,30H,15,19H2,1-10H3;/q-2;+2/t30-,39+;/m0./s1. The predicted molar refractivity (Wildman–Crippen MR) is 184 cm³/mol. The number of hydrogen-bond donors (Lipinski definition) is 0. The number of carbonyl (C=O) groups is 1. The van der Waals surface area contributed by atoms with Gasteiger partial charge in [-0.25, -0.2) is 4.99 Å². The van der Waals surface area contributed by atoms with Gasteiger partial charge in [-0.2, -0.15) is 0 Å². The van der Waals surface area contributed by atoms with Crippen molar-refractivity contribution in [3.05, 3.63) is 120 Å². The largest absolute Gasteiger partial charge is 2.00 e. The van der Waals surface area contributed by atoms with E-state index in [-0.39, 0.29) is 35.4 Å². The van der Waals surface area contributed by atoms with Crippen LogP contribution in [-0.4, -0.2) is 30.0 Å². The Hall–Kier alpha value is -3.93. The van der Waals surface area contributed by atoms with Crippen molar-refractivity contribution in [2.45, 2.75) is 80.7 Å². The maximum atomic E-state index is 13.2. The Balaban J connectivity index is 0.00000417. The van der Waals surface area contributed by atoms with E-state index in [1.54, 1.807) is 0 Å². The van der Waals surface area contributed by atoms with Crippen LogP contribution in [0.25, 0.3) is 17.5 Å². The third kappa shape index (κ3) is 5.44. The second-order valence-corrected chi connectivity index (χ2v) is 13.0. The zero-order valence-corrected chi connectivity index (χ0v) is 29.4. The number of allylic oxidation sites excluding steroid dienone is 6. The number of benzene rings is 1. The quantitative estimate of drug-likeness (QED) is 0.243. The molecule has 0 saturated carbocycles. The monoisotopic (exact) mass is 661 g/mol. The molecule has 6 rings (SSSR count). The third-order valence-corrected chi connectivity index (χ3v) is 10.6. The van der Waals surface area contributed by atoms with Crippen LogP contribution in [0.5, 0.6) is 0 Å². The molecule has 5 heterocycles. The van der Waals surface area contributed by atoms with Gasteiger partial charge in [0.1, 0.15) is 0 Å². The second kappa shape index (κ2) is 12.4. The molecule has 1 aromatic carbocycles. The molecule has 0 spiro atoms. The van der Waals surface area contributed by atoms with E-state index >= 15 is 0 Å². The summed E-state index contributed by atoms with van der Waals surface area (Å²) in [5.41, 5.74) is 16.8. The molecule has 0 saturated heterocycles. The number of ether oxygens (including phenoxy) is 1. The SMILES string of the molecule is COC(=O)C[C@H]1C2=N/C(=C\c3[n-]c(c(C)c3C)/C=C3N=C(/C=C4\[N-][C@]1(Cc1ccc(C)cc1)C(C)=C4C)C(C)=C\3C)C(C)=C2C.[Cu+2]. The molecule has 1 aromatic heterocycles. The Labute approximate surface area is 283 Å². The van der Waals surface area contributed by atoms with Gasteiger partial charge in [-0.15, -0.1) is 17.1 Å². The van der Waals surface area contributed by atoms with Gasteiger partial charge in [0.05, 0.1) is 30.6 Å². The molecule has 0 N–H and O–H groups in total. The van der Waals surface area contributed by atoms with Crippen LogP contribution in [0, 0.1) is 26.7 Å². The molecule has 0 aliphatic carbocycles. The average Bonchev–Trinajstić information content (AvgIpc) is 3.63. The first kappa shape index (κ1) is 33.4. The van der Waals surface area contributed by atoms with E-state index in [0.29, 0.717) is 6.42 Å². The molecule has 0 fully saturated rings. The smallest absolute Gasteiger partial charge is 0.675 e. The zero-order chi connectivity index (χ0) is 32.4. The summed E-state index contributed by atoms with van der Waals surface area (Å²) in [7, 11) is 1.45. The Morgan fingerprint density at radius 3 is 1.98 bits per heavy atom. The van der Waals surface area contributed by atoms with Crippen LogP contribution in [0.2, 0.25) is 0 Å². The Morgan fingerprint density at radius 2 is 1.37 bits per heavy atom. The number of fused-ring (bicyclic) bond motifs is 6. The average molecular weight is 662 g/mol. The molecule has 4 aliphatic rings. The topological polar surface area (TPSA) is 79.2 Å². The number of aryl methyl sites for hydroxylation is 1. The van der Waals surface area contributed by atoms with E-state index in [1.165, 1.54) is 12.7 Å². The van der Waals surface area contributed by atoms with Crippen LogP contribution in [0.15, 0.2) is 90.9 Å². The van der Waals surface area contributed by atoms with Crippen molar-refractivity contribution >= 4 is 29.5 Å². The van der Waals surface area contributed by atoms with Gasteiger partial charge < -0.3 is 15.0 Å². The summed E-state index contributed by atoms with van der Waals surface area (Å²) in [6, 6.07) is 8.63. The van der Waals surface area contributed by atoms with Crippen LogP contribution in [0.1, 0.15) is 81.6 Å². The first-order valence-electron chi connectivity index (χ1n) is 15.7. The molecule has 2 aromatic rings. The number of esters is 1. The first-order valence-corrected chi connectivity index (χ1v) is 15.7. The Kier molecular flexibility index (Phi) is 8.98. The first-order chi connectivity index (χ1) is 21.3. The van der Waals surface area contributed by atoms with Crippen molar-refractivity contribution in [1.29, 1.82) is 0 Å². The van der Waals surface area contributed by atoms with Crippen molar-refractivity contribution in [3.63, 3.8) is 0 Å². The molecule has 241 valence electrons. The van der Waals surface area contributed by atoms with E-state index in [0.717, 1.165) is 90.0 Å². The fourth-order valence-corrected chi connectivity index (χ4v) is 6.91. The van der Waals surface area contributed by atoms with Crippen molar-refractivity contribution in [2.75, 3.05) is 7.11 Å². The number of aliphatic imine (C=N–C) groups is 2. The fraction of sp³-hybridized carbons (Fsp3) is 0.359. The normalized spacial score (nSPS) is 25.6. The van der Waals surface area contributed by atoms with Crippen LogP contribution in [0.4, 0.5) is 0 Å². The maximum absolute atomic E-state index is 13.2. The van der Waals surface area contributed by atoms with Gasteiger partial charge in [0, 0.05) is 11.6 Å². The van der Waals surface area contributed by atoms with E-state index in [1.807, 2.05) is 0 Å². The predicted octanol–water partition coefficient (Wildman–Crippen LogP) is 8.61. The van der Waals surface area contributed by atoms with Crippen LogP contribution >= 0.6 is 0 Å². The number of aromatic nitrogens is 1. The number of nitrogens with zero attached hydrogens (tertiary/aromatic N) is 4. The van der Waals surface area contributed by atoms with E-state index in [4.69, 9.17) is 25.0 Å². The molecule has 1 radical (unpaired) electrons. The van der Waals surface area contributed by atoms with Gasteiger partial charge in [-0.1, -0.05) is 75.9 Å². The minimum Gasteiger partial charge on any atom is -0.675 e. The summed E-state index contributed by atoms with van der Waals surface area (Å²) in [5, 5.41) is 5.61. The molecule has 2 atom stereocenters. The van der Waals surface area contributed by atoms with E-state index in [9.17, 15) is 4.79 Å².